The van der Waals surface area contributed by atoms with Crippen LogP contribution in [0.25, 0.3) is 0 Å². The van der Waals surface area contributed by atoms with Gasteiger partial charge in [-0.25, -0.2) is 22.0 Å². The lowest BCUT2D eigenvalue weighted by Gasteiger charge is -2.13. The van der Waals surface area contributed by atoms with E-state index < -0.39 is 40.0 Å². The van der Waals surface area contributed by atoms with Crippen LogP contribution in [0, 0.1) is 29.1 Å². The summed E-state index contributed by atoms with van der Waals surface area (Å²) in [6, 6.07) is 3.20. The fraction of sp³-hybridized carbons (Fsp3) is 0.0769. The lowest BCUT2D eigenvalue weighted by Crippen LogP contribution is -2.03. The Hall–Kier alpha value is -1.62. The minimum Gasteiger partial charge on any atom is -0.207 e. The highest BCUT2D eigenvalue weighted by atomic mass is 35.5. The molecule has 0 N–H and O–H groups in total. The zero-order valence-corrected chi connectivity index (χ0v) is 9.99. The summed E-state index contributed by atoms with van der Waals surface area (Å²) < 4.78 is 65.8. The van der Waals surface area contributed by atoms with Crippen molar-refractivity contribution in [1.82, 2.24) is 0 Å². The Bertz CT molecular complexity index is 583. The Labute approximate surface area is 110 Å². The molecule has 0 spiro atoms. The second kappa shape index (κ2) is 5.17. The Kier molecular flexibility index (Phi) is 3.75. The minimum absolute atomic E-state index is 0.163. The third kappa shape index (κ3) is 2.87. The molecule has 0 fully saturated rings. The molecule has 0 saturated carbocycles. The van der Waals surface area contributed by atoms with Gasteiger partial charge in [0.05, 0.1) is 5.38 Å². The van der Waals surface area contributed by atoms with E-state index >= 15 is 0 Å². The monoisotopic (exact) mass is 292 g/mol. The maximum absolute atomic E-state index is 13.5. The molecule has 0 bridgehead atoms. The molecule has 2 aromatic rings. The summed E-state index contributed by atoms with van der Waals surface area (Å²) in [7, 11) is 0. The van der Waals surface area contributed by atoms with Gasteiger partial charge in [0.15, 0.2) is 0 Å². The van der Waals surface area contributed by atoms with Crippen LogP contribution in [0.2, 0.25) is 0 Å². The van der Waals surface area contributed by atoms with Gasteiger partial charge in [0.25, 0.3) is 0 Å². The summed E-state index contributed by atoms with van der Waals surface area (Å²) in [6.45, 7) is 0. The van der Waals surface area contributed by atoms with Crippen LogP contribution in [-0.2, 0) is 0 Å². The fourth-order valence-electron chi connectivity index (χ4n) is 1.68. The first-order chi connectivity index (χ1) is 8.88. The molecule has 0 aliphatic carbocycles. The van der Waals surface area contributed by atoms with Crippen molar-refractivity contribution in [3.63, 3.8) is 0 Å². The van der Waals surface area contributed by atoms with Crippen molar-refractivity contribution in [2.75, 3.05) is 0 Å². The van der Waals surface area contributed by atoms with Crippen LogP contribution >= 0.6 is 11.6 Å². The van der Waals surface area contributed by atoms with Crippen molar-refractivity contribution in [2.24, 2.45) is 0 Å². The summed E-state index contributed by atoms with van der Waals surface area (Å²) in [5.74, 6) is -5.40. The molecule has 100 valence electrons. The second-order valence-electron chi connectivity index (χ2n) is 3.85. The summed E-state index contributed by atoms with van der Waals surface area (Å²) in [4.78, 5) is 0. The average Bonchev–Trinajstić information content (AvgIpc) is 2.25. The first-order valence-corrected chi connectivity index (χ1v) is 5.56. The quantitative estimate of drug-likeness (QED) is 0.555. The van der Waals surface area contributed by atoms with Gasteiger partial charge in [0.1, 0.15) is 29.1 Å². The van der Waals surface area contributed by atoms with Crippen LogP contribution in [0.1, 0.15) is 16.5 Å². The highest BCUT2D eigenvalue weighted by Crippen LogP contribution is 2.33. The molecular formula is C13H6ClF5. The molecule has 1 unspecified atom stereocenters. The van der Waals surface area contributed by atoms with E-state index in [2.05, 4.69) is 0 Å². The predicted molar refractivity (Wildman–Crippen MR) is 60.4 cm³/mol. The zero-order chi connectivity index (χ0) is 14.2. The number of alkyl halides is 1. The molecule has 1 atom stereocenters. The highest BCUT2D eigenvalue weighted by molar-refractivity contribution is 6.22. The van der Waals surface area contributed by atoms with E-state index in [9.17, 15) is 22.0 Å². The maximum Gasteiger partial charge on any atom is 0.134 e. The van der Waals surface area contributed by atoms with E-state index in [-0.39, 0.29) is 5.56 Å². The number of rotatable bonds is 2. The first-order valence-electron chi connectivity index (χ1n) is 5.13. The lowest BCUT2D eigenvalue weighted by molar-refractivity contribution is 0.524. The molecule has 0 saturated heterocycles. The van der Waals surface area contributed by atoms with Crippen molar-refractivity contribution in [1.29, 1.82) is 0 Å². The lowest BCUT2D eigenvalue weighted by atomic mass is 10.0. The largest absolute Gasteiger partial charge is 0.207 e. The van der Waals surface area contributed by atoms with Crippen LogP contribution in [0.15, 0.2) is 30.3 Å². The third-order valence-electron chi connectivity index (χ3n) is 2.47. The molecule has 0 aliphatic rings. The highest BCUT2D eigenvalue weighted by Gasteiger charge is 2.22. The van der Waals surface area contributed by atoms with Gasteiger partial charge in [0, 0.05) is 23.8 Å². The maximum atomic E-state index is 13.5. The summed E-state index contributed by atoms with van der Waals surface area (Å²) in [5, 5.41) is -1.47. The summed E-state index contributed by atoms with van der Waals surface area (Å²) >= 11 is 5.80. The molecule has 0 radical (unpaired) electrons. The van der Waals surface area contributed by atoms with Crippen molar-refractivity contribution in [2.45, 2.75) is 5.38 Å². The molecule has 6 heteroatoms. The number of hydrogen-bond acceptors (Lipinski definition) is 0. The number of halogens is 6. The van der Waals surface area contributed by atoms with Gasteiger partial charge in [0.2, 0.25) is 0 Å². The van der Waals surface area contributed by atoms with Gasteiger partial charge in [-0.1, -0.05) is 0 Å². The smallest absolute Gasteiger partial charge is 0.134 e. The summed E-state index contributed by atoms with van der Waals surface area (Å²) in [5.41, 5.74) is -0.823. The molecule has 2 aromatic carbocycles. The fourth-order valence-corrected chi connectivity index (χ4v) is 2.02. The van der Waals surface area contributed by atoms with Gasteiger partial charge in [-0.3, -0.25) is 0 Å². The van der Waals surface area contributed by atoms with E-state index in [4.69, 9.17) is 11.6 Å². The topological polar surface area (TPSA) is 0 Å². The van der Waals surface area contributed by atoms with Crippen LogP contribution in [0.5, 0.6) is 0 Å². The van der Waals surface area contributed by atoms with Crippen molar-refractivity contribution >= 4 is 11.6 Å². The first kappa shape index (κ1) is 13.8. The SMILES string of the molecule is Fc1cc(F)cc(C(Cl)c2c(F)cc(F)cc2F)c1. The van der Waals surface area contributed by atoms with Gasteiger partial charge >= 0.3 is 0 Å². The van der Waals surface area contributed by atoms with Gasteiger partial charge in [-0.05, 0) is 17.7 Å². The predicted octanol–water partition coefficient (Wildman–Crippen LogP) is 4.71. The molecule has 0 nitrogen and oxygen atoms in total. The Balaban J connectivity index is 2.52. The zero-order valence-electron chi connectivity index (χ0n) is 9.23. The molecule has 0 heterocycles. The molecule has 19 heavy (non-hydrogen) atoms. The van der Waals surface area contributed by atoms with Crippen LogP contribution in [0.4, 0.5) is 22.0 Å². The van der Waals surface area contributed by atoms with E-state index in [0.717, 1.165) is 12.1 Å². The van der Waals surface area contributed by atoms with Crippen LogP contribution in [-0.4, -0.2) is 0 Å². The Morgan fingerprint density at radius 2 is 1.11 bits per heavy atom. The van der Waals surface area contributed by atoms with E-state index in [1.54, 1.807) is 0 Å². The molecule has 0 aliphatic heterocycles. The van der Waals surface area contributed by atoms with Crippen molar-refractivity contribution < 1.29 is 22.0 Å². The Morgan fingerprint density at radius 3 is 1.58 bits per heavy atom. The molecule has 0 amide bonds. The molecular weight excluding hydrogens is 287 g/mol. The Morgan fingerprint density at radius 1 is 0.684 bits per heavy atom. The van der Waals surface area contributed by atoms with Crippen LogP contribution in [0.3, 0.4) is 0 Å². The standard InChI is InChI=1S/C13H6ClF5/c14-13(6-1-7(15)3-8(16)2-6)12-10(18)4-9(17)5-11(12)19/h1-5,13H. The van der Waals surface area contributed by atoms with E-state index in [1.807, 2.05) is 0 Å². The van der Waals surface area contributed by atoms with E-state index in [0.29, 0.717) is 18.2 Å². The average molecular weight is 293 g/mol. The second-order valence-corrected chi connectivity index (χ2v) is 4.28. The molecule has 0 aromatic heterocycles. The number of hydrogen-bond donors (Lipinski definition) is 0. The van der Waals surface area contributed by atoms with Gasteiger partial charge in [-0.2, -0.15) is 0 Å². The van der Waals surface area contributed by atoms with Gasteiger partial charge < -0.3 is 0 Å². The minimum atomic E-state index is -1.47. The molecule has 2 rings (SSSR count). The van der Waals surface area contributed by atoms with E-state index in [1.165, 1.54) is 0 Å². The van der Waals surface area contributed by atoms with Gasteiger partial charge in [-0.15, -0.1) is 11.6 Å². The third-order valence-corrected chi connectivity index (χ3v) is 2.95. The van der Waals surface area contributed by atoms with Crippen molar-refractivity contribution in [3.05, 3.63) is 70.5 Å². The normalized spacial score (nSPS) is 12.5. The van der Waals surface area contributed by atoms with Crippen molar-refractivity contribution in [3.8, 4) is 0 Å². The number of benzene rings is 2. The summed E-state index contributed by atoms with van der Waals surface area (Å²) in [6.07, 6.45) is 0. The van der Waals surface area contributed by atoms with Crippen LogP contribution < -0.4 is 0 Å².